The van der Waals surface area contributed by atoms with Gasteiger partial charge in [-0.2, -0.15) is 5.10 Å². The smallest absolute Gasteiger partial charge is 0.227 e. The van der Waals surface area contributed by atoms with Crippen LogP contribution < -0.4 is 10.1 Å². The molecule has 0 radical (unpaired) electrons. The van der Waals surface area contributed by atoms with Crippen molar-refractivity contribution in [2.75, 3.05) is 25.5 Å². The number of carbonyl (C=O) groups excluding carboxylic acids is 1. The number of hydrogen-bond donors (Lipinski definition) is 2. The number of ether oxygens (including phenoxy) is 1. The van der Waals surface area contributed by atoms with Gasteiger partial charge in [0.15, 0.2) is 0 Å². The number of piperidine rings is 1. The summed E-state index contributed by atoms with van der Waals surface area (Å²) in [5.41, 5.74) is 4.06. The Morgan fingerprint density at radius 2 is 1.62 bits per heavy atom. The van der Waals surface area contributed by atoms with Gasteiger partial charge >= 0.3 is 0 Å². The molecule has 0 spiro atoms. The maximum absolute atomic E-state index is 11.3. The number of amides is 1. The van der Waals surface area contributed by atoms with Gasteiger partial charge in [0.1, 0.15) is 11.9 Å². The maximum Gasteiger partial charge on any atom is 0.227 e. The van der Waals surface area contributed by atoms with E-state index in [4.69, 9.17) is 4.74 Å². The Balaban J connectivity index is 0.000000195. The van der Waals surface area contributed by atoms with Crippen LogP contribution in [0.2, 0.25) is 0 Å². The second-order valence-corrected chi connectivity index (χ2v) is 9.81. The fourth-order valence-electron chi connectivity index (χ4n) is 4.35. The summed E-state index contributed by atoms with van der Waals surface area (Å²) in [4.78, 5) is 13.6. The first-order chi connectivity index (χ1) is 18.1. The number of anilines is 1. The molecule has 1 aliphatic heterocycles. The van der Waals surface area contributed by atoms with E-state index in [2.05, 4.69) is 63.9 Å². The van der Waals surface area contributed by atoms with E-state index in [9.17, 15) is 4.79 Å². The Morgan fingerprint density at radius 1 is 0.919 bits per heavy atom. The number of carbonyl (C=O) groups is 1. The number of rotatable bonds is 6. The second kappa shape index (κ2) is 11.9. The SMILES string of the molecule is CN1CCC(Oc2ccc(/C=C/c3n[nH]c4ccccc34)cc2)CC1.O=C(Nc1ccccc1)C1CC1. The van der Waals surface area contributed by atoms with Crippen molar-refractivity contribution >= 4 is 34.6 Å². The first-order valence-corrected chi connectivity index (χ1v) is 13.1. The Labute approximate surface area is 218 Å². The molecular weight excluding hydrogens is 460 g/mol. The van der Waals surface area contributed by atoms with Crippen molar-refractivity contribution in [2.24, 2.45) is 5.92 Å². The quantitative estimate of drug-likeness (QED) is 0.333. The molecule has 2 heterocycles. The van der Waals surface area contributed by atoms with Gasteiger partial charge < -0.3 is 15.0 Å². The minimum atomic E-state index is 0.168. The summed E-state index contributed by atoms with van der Waals surface area (Å²) in [5.74, 6) is 1.41. The van der Waals surface area contributed by atoms with Crippen molar-refractivity contribution in [2.45, 2.75) is 31.8 Å². The molecule has 37 heavy (non-hydrogen) atoms. The predicted molar refractivity (Wildman–Crippen MR) is 150 cm³/mol. The molecule has 0 bridgehead atoms. The molecule has 1 amide bonds. The van der Waals surface area contributed by atoms with Gasteiger partial charge in [-0.05, 0) is 74.7 Å². The Bertz CT molecular complexity index is 1320. The molecular formula is C31H34N4O2. The van der Waals surface area contributed by atoms with E-state index in [1.54, 1.807) is 0 Å². The summed E-state index contributed by atoms with van der Waals surface area (Å²) >= 11 is 0. The molecule has 190 valence electrons. The van der Waals surface area contributed by atoms with E-state index in [0.717, 1.165) is 72.4 Å². The van der Waals surface area contributed by atoms with Crippen molar-refractivity contribution in [3.8, 4) is 5.75 Å². The van der Waals surface area contributed by atoms with E-state index in [-0.39, 0.29) is 11.8 Å². The topological polar surface area (TPSA) is 70.2 Å². The lowest BCUT2D eigenvalue weighted by Gasteiger charge is -2.29. The molecule has 6 nitrogen and oxygen atoms in total. The Hall–Kier alpha value is -3.90. The number of fused-ring (bicyclic) bond motifs is 1. The van der Waals surface area contributed by atoms with Crippen molar-refractivity contribution in [3.05, 3.63) is 90.1 Å². The number of aromatic amines is 1. The summed E-state index contributed by atoms with van der Waals surface area (Å²) in [5, 5.41) is 11.4. The molecule has 1 saturated heterocycles. The zero-order valence-electron chi connectivity index (χ0n) is 21.3. The largest absolute Gasteiger partial charge is 0.490 e. The van der Waals surface area contributed by atoms with Crippen molar-refractivity contribution < 1.29 is 9.53 Å². The molecule has 1 saturated carbocycles. The highest BCUT2D eigenvalue weighted by atomic mass is 16.5. The van der Waals surface area contributed by atoms with E-state index >= 15 is 0 Å². The molecule has 1 aliphatic carbocycles. The lowest BCUT2D eigenvalue weighted by Crippen LogP contribution is -2.35. The number of nitrogens with one attached hydrogen (secondary N) is 2. The fraction of sp³-hybridized carbons (Fsp3) is 0.290. The highest BCUT2D eigenvalue weighted by Crippen LogP contribution is 2.30. The lowest BCUT2D eigenvalue weighted by atomic mass is 10.1. The summed E-state index contributed by atoms with van der Waals surface area (Å²) in [6, 6.07) is 26.0. The number of aromatic nitrogens is 2. The third kappa shape index (κ3) is 7.08. The molecule has 0 unspecified atom stereocenters. The number of likely N-dealkylation sites (tertiary alicyclic amines) is 1. The van der Waals surface area contributed by atoms with Crippen LogP contribution in [0.15, 0.2) is 78.9 Å². The van der Waals surface area contributed by atoms with Crippen molar-refractivity contribution in [1.29, 1.82) is 0 Å². The summed E-state index contributed by atoms with van der Waals surface area (Å²) in [7, 11) is 2.17. The van der Waals surface area contributed by atoms with E-state index in [1.165, 1.54) is 0 Å². The number of nitrogens with zero attached hydrogens (tertiary/aromatic N) is 2. The standard InChI is InChI=1S/C21H23N3O.C10H11NO/c1-24-14-12-18(13-15-24)25-17-9-6-16(7-10-17)8-11-21-19-4-2-3-5-20(19)22-23-21;12-10(8-6-7-8)11-9-4-2-1-3-5-9/h2-11,18H,12-15H2,1H3,(H,22,23);1-5,8H,6-7H2,(H,11,12)/b11-8+;. The molecule has 3 aromatic carbocycles. The summed E-state index contributed by atoms with van der Waals surface area (Å²) in [6.07, 6.45) is 8.78. The van der Waals surface area contributed by atoms with Crippen LogP contribution in [-0.2, 0) is 4.79 Å². The minimum Gasteiger partial charge on any atom is -0.490 e. The lowest BCUT2D eigenvalue weighted by molar-refractivity contribution is -0.117. The molecule has 6 heteroatoms. The van der Waals surface area contributed by atoms with Crippen LogP contribution in [0.3, 0.4) is 0 Å². The zero-order valence-corrected chi connectivity index (χ0v) is 21.3. The van der Waals surface area contributed by atoms with E-state index in [0.29, 0.717) is 6.10 Å². The van der Waals surface area contributed by atoms with E-state index in [1.807, 2.05) is 54.6 Å². The van der Waals surface area contributed by atoms with Crippen LogP contribution in [0.5, 0.6) is 5.75 Å². The minimum absolute atomic E-state index is 0.168. The number of H-pyrrole nitrogens is 1. The molecule has 6 rings (SSSR count). The van der Waals surface area contributed by atoms with Gasteiger partial charge in [0, 0.05) is 30.1 Å². The first kappa shape index (κ1) is 24.8. The number of benzene rings is 3. The normalized spacial score (nSPS) is 16.4. The molecule has 2 fully saturated rings. The van der Waals surface area contributed by atoms with Crippen LogP contribution in [0.25, 0.3) is 23.1 Å². The highest BCUT2D eigenvalue weighted by Gasteiger charge is 2.29. The number of hydrogen-bond acceptors (Lipinski definition) is 4. The summed E-state index contributed by atoms with van der Waals surface area (Å²) < 4.78 is 6.10. The third-order valence-corrected chi connectivity index (χ3v) is 6.77. The zero-order chi connectivity index (χ0) is 25.5. The van der Waals surface area contributed by atoms with Crippen molar-refractivity contribution in [3.63, 3.8) is 0 Å². The molecule has 4 aromatic rings. The molecule has 2 N–H and O–H groups in total. The van der Waals surface area contributed by atoms with Gasteiger partial charge in [-0.25, -0.2) is 0 Å². The van der Waals surface area contributed by atoms with Crippen LogP contribution in [-0.4, -0.2) is 47.2 Å². The molecule has 1 aromatic heterocycles. The van der Waals surface area contributed by atoms with E-state index < -0.39 is 0 Å². The third-order valence-electron chi connectivity index (χ3n) is 6.77. The first-order valence-electron chi connectivity index (χ1n) is 13.1. The van der Waals surface area contributed by atoms with Gasteiger partial charge in [0.05, 0.1) is 11.2 Å². The maximum atomic E-state index is 11.3. The van der Waals surface area contributed by atoms with Gasteiger partial charge in [-0.3, -0.25) is 9.89 Å². The monoisotopic (exact) mass is 494 g/mol. The Kier molecular flexibility index (Phi) is 7.96. The predicted octanol–water partition coefficient (Wildman–Crippen LogP) is 6.24. The number of para-hydroxylation sites is 2. The molecule has 2 aliphatic rings. The van der Waals surface area contributed by atoms with Gasteiger partial charge in [-0.1, -0.05) is 54.6 Å². The Morgan fingerprint density at radius 3 is 2.35 bits per heavy atom. The average Bonchev–Trinajstić information content (AvgIpc) is 3.71. The van der Waals surface area contributed by atoms with Crippen molar-refractivity contribution in [1.82, 2.24) is 15.1 Å². The second-order valence-electron chi connectivity index (χ2n) is 9.81. The van der Waals surface area contributed by atoms with Gasteiger partial charge in [0.25, 0.3) is 0 Å². The van der Waals surface area contributed by atoms with Gasteiger partial charge in [-0.15, -0.1) is 0 Å². The fourth-order valence-corrected chi connectivity index (χ4v) is 4.35. The van der Waals surface area contributed by atoms with Crippen LogP contribution in [0.4, 0.5) is 5.69 Å². The average molecular weight is 495 g/mol. The van der Waals surface area contributed by atoms with Gasteiger partial charge in [0.2, 0.25) is 5.91 Å². The molecule has 0 atom stereocenters. The highest BCUT2D eigenvalue weighted by molar-refractivity contribution is 5.94. The summed E-state index contributed by atoms with van der Waals surface area (Å²) in [6.45, 7) is 2.23. The van der Waals surface area contributed by atoms with Crippen LogP contribution in [0, 0.1) is 5.92 Å². The van der Waals surface area contributed by atoms with Crippen LogP contribution in [0.1, 0.15) is 36.9 Å². The van der Waals surface area contributed by atoms with Crippen LogP contribution >= 0.6 is 0 Å².